The molecule has 0 heterocycles. The molecule has 0 aliphatic heterocycles. The van der Waals surface area contributed by atoms with Crippen LogP contribution in [0.15, 0.2) is 48.5 Å². The number of benzene rings is 2. The molecule has 0 aromatic heterocycles. The third-order valence-electron chi connectivity index (χ3n) is 2.91. The zero-order valence-electron chi connectivity index (χ0n) is 10.9. The number of hydrogen-bond donors (Lipinski definition) is 1. The van der Waals surface area contributed by atoms with Crippen molar-refractivity contribution in [2.24, 2.45) is 0 Å². The lowest BCUT2D eigenvalue weighted by molar-refractivity contribution is -0.384. The van der Waals surface area contributed by atoms with E-state index in [4.69, 9.17) is 9.84 Å². The number of hydrogen-bond acceptors (Lipinski definition) is 4. The molecule has 0 aliphatic rings. The third-order valence-corrected chi connectivity index (χ3v) is 2.91. The lowest BCUT2D eigenvalue weighted by atomic mass is 10.1. The van der Waals surface area contributed by atoms with E-state index in [1.807, 2.05) is 0 Å². The van der Waals surface area contributed by atoms with E-state index >= 15 is 0 Å². The summed E-state index contributed by atoms with van der Waals surface area (Å²) in [6.45, 7) is 0.513. The zero-order valence-corrected chi connectivity index (χ0v) is 10.9. The summed E-state index contributed by atoms with van der Waals surface area (Å²) in [6.07, 6.45) is 0.680. The number of rotatable bonds is 6. The van der Waals surface area contributed by atoms with Gasteiger partial charge in [-0.3, -0.25) is 10.1 Å². The Morgan fingerprint density at radius 3 is 2.15 bits per heavy atom. The van der Waals surface area contributed by atoms with E-state index in [0.717, 1.165) is 16.9 Å². The number of aliphatic hydroxyl groups excluding tert-OH is 1. The van der Waals surface area contributed by atoms with E-state index in [0.29, 0.717) is 13.0 Å². The highest BCUT2D eigenvalue weighted by molar-refractivity contribution is 5.33. The molecule has 5 heteroatoms. The Morgan fingerprint density at radius 2 is 1.60 bits per heavy atom. The molecule has 0 atom stereocenters. The fourth-order valence-electron chi connectivity index (χ4n) is 1.76. The molecule has 0 saturated heterocycles. The summed E-state index contributed by atoms with van der Waals surface area (Å²) in [4.78, 5) is 10.1. The van der Waals surface area contributed by atoms with Crippen molar-refractivity contribution in [1.82, 2.24) is 0 Å². The number of nitrogens with zero attached hydrogens (tertiary/aromatic N) is 1. The number of ether oxygens (including phenoxy) is 1. The molecule has 2 aromatic carbocycles. The number of aliphatic hydroxyl groups is 1. The maximum absolute atomic E-state index is 10.5. The summed E-state index contributed by atoms with van der Waals surface area (Å²) in [5.74, 6) is 0.740. The van der Waals surface area contributed by atoms with Crippen molar-refractivity contribution in [1.29, 1.82) is 0 Å². The van der Waals surface area contributed by atoms with Gasteiger partial charge in [-0.25, -0.2) is 0 Å². The minimum absolute atomic E-state index is 0.0169. The van der Waals surface area contributed by atoms with Gasteiger partial charge in [0.05, 0.1) is 18.1 Å². The van der Waals surface area contributed by atoms with Crippen LogP contribution in [0.25, 0.3) is 0 Å². The summed E-state index contributed by atoms with van der Waals surface area (Å²) in [5, 5.41) is 19.5. The Kier molecular flexibility index (Phi) is 4.68. The van der Waals surface area contributed by atoms with Crippen LogP contribution in [0.4, 0.5) is 5.69 Å². The standard InChI is InChI=1S/C15H15NO4/c17-11-13-3-7-15(8-4-13)20-10-9-12-1-5-14(6-2-12)16(18)19/h1-8,17H,9-11H2. The first-order valence-electron chi connectivity index (χ1n) is 6.25. The second-order valence-electron chi connectivity index (χ2n) is 4.32. The lowest BCUT2D eigenvalue weighted by Gasteiger charge is -2.06. The predicted molar refractivity (Wildman–Crippen MR) is 74.7 cm³/mol. The van der Waals surface area contributed by atoms with Crippen LogP contribution in [0.3, 0.4) is 0 Å². The molecule has 0 radical (unpaired) electrons. The van der Waals surface area contributed by atoms with E-state index < -0.39 is 4.92 Å². The van der Waals surface area contributed by atoms with E-state index in [1.54, 1.807) is 36.4 Å². The average Bonchev–Trinajstić information content (AvgIpc) is 2.48. The predicted octanol–water partition coefficient (Wildman–Crippen LogP) is 2.71. The van der Waals surface area contributed by atoms with Gasteiger partial charge in [-0.1, -0.05) is 24.3 Å². The van der Waals surface area contributed by atoms with Gasteiger partial charge < -0.3 is 9.84 Å². The van der Waals surface area contributed by atoms with E-state index in [-0.39, 0.29) is 12.3 Å². The average molecular weight is 273 g/mol. The van der Waals surface area contributed by atoms with Crippen molar-refractivity contribution in [2.75, 3.05) is 6.61 Å². The SMILES string of the molecule is O=[N+]([O-])c1ccc(CCOc2ccc(CO)cc2)cc1. The molecular weight excluding hydrogens is 258 g/mol. The van der Waals surface area contributed by atoms with Gasteiger partial charge in [0.2, 0.25) is 0 Å². The molecule has 0 unspecified atom stereocenters. The molecule has 1 N–H and O–H groups in total. The lowest BCUT2D eigenvalue weighted by Crippen LogP contribution is -2.01. The van der Waals surface area contributed by atoms with E-state index in [9.17, 15) is 10.1 Å². The van der Waals surface area contributed by atoms with E-state index in [1.165, 1.54) is 12.1 Å². The fourth-order valence-corrected chi connectivity index (χ4v) is 1.76. The summed E-state index contributed by atoms with van der Waals surface area (Å²) in [6, 6.07) is 13.7. The maximum atomic E-state index is 10.5. The van der Waals surface area contributed by atoms with Crippen LogP contribution >= 0.6 is 0 Å². The highest BCUT2D eigenvalue weighted by Crippen LogP contribution is 2.14. The summed E-state index contributed by atoms with van der Waals surface area (Å²) in [7, 11) is 0. The zero-order chi connectivity index (χ0) is 14.4. The summed E-state index contributed by atoms with van der Waals surface area (Å²) >= 11 is 0. The Bertz CT molecular complexity index is 563. The van der Waals surface area contributed by atoms with Crippen LogP contribution in [-0.4, -0.2) is 16.6 Å². The Balaban J connectivity index is 1.84. The maximum Gasteiger partial charge on any atom is 0.269 e. The smallest absolute Gasteiger partial charge is 0.269 e. The van der Waals surface area contributed by atoms with Crippen molar-refractivity contribution in [3.63, 3.8) is 0 Å². The van der Waals surface area contributed by atoms with Crippen molar-refractivity contribution in [3.05, 3.63) is 69.8 Å². The third kappa shape index (κ3) is 3.80. The van der Waals surface area contributed by atoms with Crippen LogP contribution in [0.2, 0.25) is 0 Å². The largest absolute Gasteiger partial charge is 0.493 e. The van der Waals surface area contributed by atoms with Crippen molar-refractivity contribution in [3.8, 4) is 5.75 Å². The number of nitro groups is 1. The Morgan fingerprint density at radius 1 is 1.00 bits per heavy atom. The molecule has 2 rings (SSSR count). The van der Waals surface area contributed by atoms with Crippen LogP contribution in [0.5, 0.6) is 5.75 Å². The van der Waals surface area contributed by atoms with Gasteiger partial charge in [-0.15, -0.1) is 0 Å². The van der Waals surface area contributed by atoms with Crippen LogP contribution < -0.4 is 4.74 Å². The minimum atomic E-state index is -0.414. The quantitative estimate of drug-likeness (QED) is 0.648. The van der Waals surface area contributed by atoms with Gasteiger partial charge in [0.25, 0.3) is 5.69 Å². The number of non-ortho nitro benzene ring substituents is 1. The van der Waals surface area contributed by atoms with Gasteiger partial charge in [0.1, 0.15) is 5.75 Å². The van der Waals surface area contributed by atoms with Gasteiger partial charge in [-0.05, 0) is 23.3 Å². The second-order valence-corrected chi connectivity index (χ2v) is 4.32. The molecule has 0 saturated carbocycles. The second kappa shape index (κ2) is 6.68. The molecule has 0 amide bonds. The van der Waals surface area contributed by atoms with Crippen LogP contribution in [0, 0.1) is 10.1 Å². The highest BCUT2D eigenvalue weighted by Gasteiger charge is 2.03. The first-order valence-corrected chi connectivity index (χ1v) is 6.25. The first kappa shape index (κ1) is 14.0. The molecule has 0 spiro atoms. The van der Waals surface area contributed by atoms with Gasteiger partial charge in [0, 0.05) is 18.6 Å². The highest BCUT2D eigenvalue weighted by atomic mass is 16.6. The van der Waals surface area contributed by atoms with E-state index in [2.05, 4.69) is 0 Å². The molecule has 104 valence electrons. The molecule has 2 aromatic rings. The van der Waals surface area contributed by atoms with Gasteiger partial charge in [0.15, 0.2) is 0 Å². The topological polar surface area (TPSA) is 72.6 Å². The van der Waals surface area contributed by atoms with Gasteiger partial charge in [-0.2, -0.15) is 0 Å². The van der Waals surface area contributed by atoms with Gasteiger partial charge >= 0.3 is 0 Å². The van der Waals surface area contributed by atoms with Crippen LogP contribution in [-0.2, 0) is 13.0 Å². The Labute approximate surface area is 116 Å². The van der Waals surface area contributed by atoms with Crippen molar-refractivity contribution < 1.29 is 14.8 Å². The number of nitro benzene ring substituents is 1. The summed E-state index contributed by atoms with van der Waals surface area (Å²) < 4.78 is 5.57. The Hall–Kier alpha value is -2.40. The summed E-state index contributed by atoms with van der Waals surface area (Å²) in [5.41, 5.74) is 1.92. The minimum Gasteiger partial charge on any atom is -0.493 e. The van der Waals surface area contributed by atoms with Crippen molar-refractivity contribution >= 4 is 5.69 Å². The normalized spacial score (nSPS) is 10.2. The monoisotopic (exact) mass is 273 g/mol. The molecular formula is C15H15NO4. The van der Waals surface area contributed by atoms with Crippen molar-refractivity contribution in [2.45, 2.75) is 13.0 Å². The van der Waals surface area contributed by atoms with Crippen LogP contribution in [0.1, 0.15) is 11.1 Å². The first-order chi connectivity index (χ1) is 9.69. The molecule has 20 heavy (non-hydrogen) atoms. The molecule has 0 fully saturated rings. The molecule has 5 nitrogen and oxygen atoms in total. The molecule has 0 aliphatic carbocycles. The fraction of sp³-hybridized carbons (Fsp3) is 0.200. The molecule has 0 bridgehead atoms.